The summed E-state index contributed by atoms with van der Waals surface area (Å²) >= 11 is 1.57. The Bertz CT molecular complexity index is 1170. The van der Waals surface area contributed by atoms with Crippen LogP contribution in [0.25, 0.3) is 5.78 Å². The summed E-state index contributed by atoms with van der Waals surface area (Å²) in [7, 11) is 0. The lowest BCUT2D eigenvalue weighted by molar-refractivity contribution is 0.0958. The van der Waals surface area contributed by atoms with Gasteiger partial charge in [0.2, 0.25) is 5.16 Å². The molecular weight excluding hydrogens is 372 g/mol. The Morgan fingerprint density at radius 3 is 2.96 bits per heavy atom. The van der Waals surface area contributed by atoms with E-state index in [9.17, 15) is 4.79 Å². The van der Waals surface area contributed by atoms with Gasteiger partial charge in [-0.3, -0.25) is 4.79 Å². The van der Waals surface area contributed by atoms with E-state index in [1.807, 2.05) is 12.1 Å². The summed E-state index contributed by atoms with van der Waals surface area (Å²) in [4.78, 5) is 21.8. The van der Waals surface area contributed by atoms with Gasteiger partial charge in [0.15, 0.2) is 5.78 Å². The van der Waals surface area contributed by atoms with Crippen molar-refractivity contribution in [1.82, 2.24) is 19.6 Å². The Morgan fingerprint density at radius 1 is 1.21 bits per heavy atom. The lowest BCUT2D eigenvalue weighted by atomic mass is 9.85. The van der Waals surface area contributed by atoms with Gasteiger partial charge in [-0.25, -0.2) is 9.50 Å². The molecule has 1 aliphatic rings. The molecule has 0 bridgehead atoms. The number of carbonyl (C=O) groups is 1. The largest absolute Gasteiger partial charge is 0.469 e. The average molecular weight is 390 g/mol. The molecule has 4 aromatic rings. The van der Waals surface area contributed by atoms with Crippen molar-refractivity contribution in [1.29, 1.82) is 0 Å². The highest BCUT2D eigenvalue weighted by Gasteiger charge is 2.30. The van der Waals surface area contributed by atoms with Crippen molar-refractivity contribution >= 4 is 23.3 Å². The summed E-state index contributed by atoms with van der Waals surface area (Å²) in [6.07, 6.45) is 4.51. The van der Waals surface area contributed by atoms with Crippen molar-refractivity contribution in [3.63, 3.8) is 0 Å². The molecule has 3 aromatic heterocycles. The number of ketones is 1. The highest BCUT2D eigenvalue weighted by atomic mass is 32.2. The first-order valence-corrected chi connectivity index (χ1v) is 10.2. The summed E-state index contributed by atoms with van der Waals surface area (Å²) in [5, 5.41) is 5.16. The van der Waals surface area contributed by atoms with E-state index in [2.05, 4.69) is 46.3 Å². The Hall–Kier alpha value is -2.93. The third-order valence-corrected chi connectivity index (χ3v) is 5.87. The fourth-order valence-electron chi connectivity index (χ4n) is 3.60. The monoisotopic (exact) mass is 390 g/mol. The van der Waals surface area contributed by atoms with Crippen LogP contribution in [0.4, 0.5) is 0 Å². The van der Waals surface area contributed by atoms with E-state index in [1.54, 1.807) is 28.7 Å². The Balaban J connectivity index is 1.41. The number of rotatable bonds is 4. The predicted molar refractivity (Wildman–Crippen MR) is 106 cm³/mol. The maximum absolute atomic E-state index is 12.6. The zero-order valence-corrected chi connectivity index (χ0v) is 16.1. The number of hydrogen-bond donors (Lipinski definition) is 0. The summed E-state index contributed by atoms with van der Waals surface area (Å²) in [5.74, 6) is 2.25. The Kier molecular flexibility index (Phi) is 4.24. The highest BCUT2D eigenvalue weighted by Crippen LogP contribution is 2.32. The van der Waals surface area contributed by atoms with E-state index >= 15 is 0 Å². The SMILES string of the molecule is Cc1cccc(CSc2nc3nc4c(cn3n2)C(=O)C[C@@H](c2ccco2)C4)c1. The van der Waals surface area contributed by atoms with E-state index in [0.29, 0.717) is 29.3 Å². The normalized spacial score (nSPS) is 16.5. The number of nitrogens with zero attached hydrogens (tertiary/aromatic N) is 4. The van der Waals surface area contributed by atoms with Crippen LogP contribution in [0.5, 0.6) is 0 Å². The van der Waals surface area contributed by atoms with E-state index < -0.39 is 0 Å². The fourth-order valence-corrected chi connectivity index (χ4v) is 4.37. The van der Waals surface area contributed by atoms with Crippen molar-refractivity contribution in [2.45, 2.75) is 36.6 Å². The molecule has 0 saturated heterocycles. The molecule has 3 heterocycles. The van der Waals surface area contributed by atoms with Crippen molar-refractivity contribution in [3.05, 3.63) is 77.0 Å². The molecular formula is C21H18N4O2S. The molecule has 1 atom stereocenters. The van der Waals surface area contributed by atoms with Gasteiger partial charge in [0, 0.05) is 30.7 Å². The van der Waals surface area contributed by atoms with Crippen LogP contribution >= 0.6 is 11.8 Å². The first-order chi connectivity index (χ1) is 13.7. The van der Waals surface area contributed by atoms with Gasteiger partial charge >= 0.3 is 0 Å². The van der Waals surface area contributed by atoms with Gasteiger partial charge in [0.25, 0.3) is 5.78 Å². The zero-order valence-electron chi connectivity index (χ0n) is 15.3. The number of carbonyl (C=O) groups excluding carboxylic acids is 1. The Morgan fingerprint density at radius 2 is 2.14 bits per heavy atom. The fraction of sp³-hybridized carbons (Fsp3) is 0.238. The molecule has 28 heavy (non-hydrogen) atoms. The quantitative estimate of drug-likeness (QED) is 0.486. The van der Waals surface area contributed by atoms with Gasteiger partial charge in [0.1, 0.15) is 5.76 Å². The molecule has 0 N–H and O–H groups in total. The van der Waals surface area contributed by atoms with Crippen LogP contribution in [-0.2, 0) is 12.2 Å². The van der Waals surface area contributed by atoms with Crippen LogP contribution in [0.2, 0.25) is 0 Å². The van der Waals surface area contributed by atoms with E-state index in [0.717, 1.165) is 17.2 Å². The summed E-state index contributed by atoms with van der Waals surface area (Å²) in [5.41, 5.74) is 3.87. The summed E-state index contributed by atoms with van der Waals surface area (Å²) in [6.45, 7) is 2.08. The molecule has 0 unspecified atom stereocenters. The lowest BCUT2D eigenvalue weighted by Crippen LogP contribution is -2.21. The molecule has 0 saturated carbocycles. The van der Waals surface area contributed by atoms with Crippen LogP contribution < -0.4 is 0 Å². The first-order valence-electron chi connectivity index (χ1n) is 9.17. The van der Waals surface area contributed by atoms with Crippen molar-refractivity contribution in [3.8, 4) is 0 Å². The molecule has 140 valence electrons. The van der Waals surface area contributed by atoms with Gasteiger partial charge < -0.3 is 4.42 Å². The average Bonchev–Trinajstić information content (AvgIpc) is 3.34. The van der Waals surface area contributed by atoms with Gasteiger partial charge in [0.05, 0.1) is 17.5 Å². The smallest absolute Gasteiger partial charge is 0.253 e. The molecule has 0 fully saturated rings. The number of thioether (sulfide) groups is 1. The molecule has 5 rings (SSSR count). The van der Waals surface area contributed by atoms with Crippen molar-refractivity contribution in [2.24, 2.45) is 0 Å². The molecule has 1 aromatic carbocycles. The number of furan rings is 1. The number of Topliss-reactive ketones (excluding diaryl/α,β-unsaturated/α-hetero) is 1. The Labute approximate surface area is 166 Å². The molecule has 0 aliphatic heterocycles. The van der Waals surface area contributed by atoms with E-state index in [-0.39, 0.29) is 11.7 Å². The second kappa shape index (κ2) is 6.91. The number of aryl methyl sites for hydroxylation is 1. The van der Waals surface area contributed by atoms with Crippen LogP contribution in [0.1, 0.15) is 45.3 Å². The van der Waals surface area contributed by atoms with Crippen LogP contribution in [-0.4, -0.2) is 25.4 Å². The van der Waals surface area contributed by atoms with E-state index in [1.165, 1.54) is 11.1 Å². The first kappa shape index (κ1) is 17.2. The van der Waals surface area contributed by atoms with Gasteiger partial charge in [-0.1, -0.05) is 41.6 Å². The van der Waals surface area contributed by atoms with Crippen molar-refractivity contribution < 1.29 is 9.21 Å². The maximum atomic E-state index is 12.6. The maximum Gasteiger partial charge on any atom is 0.253 e. The van der Waals surface area contributed by atoms with Crippen molar-refractivity contribution in [2.75, 3.05) is 0 Å². The van der Waals surface area contributed by atoms with Gasteiger partial charge in [-0.2, -0.15) is 4.98 Å². The highest BCUT2D eigenvalue weighted by molar-refractivity contribution is 7.98. The number of hydrogen-bond acceptors (Lipinski definition) is 6. The molecule has 0 spiro atoms. The molecule has 1 aliphatic carbocycles. The minimum Gasteiger partial charge on any atom is -0.469 e. The minimum atomic E-state index is 0.0306. The number of benzene rings is 1. The third-order valence-electron chi connectivity index (χ3n) is 4.96. The number of fused-ring (bicyclic) bond motifs is 2. The standard InChI is InChI=1S/C21H18N4O2S/c1-13-4-2-5-14(8-13)12-28-21-23-20-22-17-9-15(19-6-3-7-27-19)10-18(26)16(17)11-25(20)24-21/h2-8,11,15H,9-10,12H2,1H3/t15-/m0/s1. The second-order valence-electron chi connectivity index (χ2n) is 7.06. The molecule has 6 nitrogen and oxygen atoms in total. The molecule has 7 heteroatoms. The van der Waals surface area contributed by atoms with Crippen LogP contribution in [0.3, 0.4) is 0 Å². The summed E-state index contributed by atoms with van der Waals surface area (Å²) in [6, 6.07) is 12.2. The predicted octanol–water partition coefficient (Wildman–Crippen LogP) is 4.23. The lowest BCUT2D eigenvalue weighted by Gasteiger charge is -2.20. The zero-order chi connectivity index (χ0) is 19.1. The number of aromatic nitrogens is 4. The third kappa shape index (κ3) is 3.22. The van der Waals surface area contributed by atoms with Crippen LogP contribution in [0.15, 0.2) is 58.4 Å². The minimum absolute atomic E-state index is 0.0306. The summed E-state index contributed by atoms with van der Waals surface area (Å²) < 4.78 is 7.11. The van der Waals surface area contributed by atoms with Gasteiger partial charge in [-0.05, 0) is 24.6 Å². The molecule has 0 amide bonds. The molecule has 0 radical (unpaired) electrons. The topological polar surface area (TPSA) is 73.3 Å². The van der Waals surface area contributed by atoms with E-state index in [4.69, 9.17) is 4.42 Å². The second-order valence-corrected chi connectivity index (χ2v) is 8.00. The van der Waals surface area contributed by atoms with Crippen LogP contribution in [0, 0.1) is 6.92 Å². The van der Waals surface area contributed by atoms with Gasteiger partial charge in [-0.15, -0.1) is 5.10 Å².